The SMILES string of the molecule is COc1ccc2nc(NC(=S)NC(=O)c3ccc(S(=O)(=O)N4CCOCC4)cc3)sc2c1. The van der Waals surface area contributed by atoms with E-state index in [2.05, 4.69) is 15.6 Å². The minimum absolute atomic E-state index is 0.0889. The second-order valence-electron chi connectivity index (χ2n) is 6.80. The van der Waals surface area contributed by atoms with Gasteiger partial charge < -0.3 is 14.8 Å². The van der Waals surface area contributed by atoms with Crippen molar-refractivity contribution in [3.05, 3.63) is 48.0 Å². The first-order chi connectivity index (χ1) is 15.4. The molecule has 32 heavy (non-hydrogen) atoms. The molecular formula is C20H20N4O5S3. The Labute approximate surface area is 194 Å². The maximum Gasteiger partial charge on any atom is 0.257 e. The van der Waals surface area contributed by atoms with Gasteiger partial charge in [-0.05, 0) is 54.7 Å². The van der Waals surface area contributed by atoms with Gasteiger partial charge in [0.2, 0.25) is 10.0 Å². The summed E-state index contributed by atoms with van der Waals surface area (Å²) in [6.07, 6.45) is 0. The van der Waals surface area contributed by atoms with Gasteiger partial charge in [-0.15, -0.1) is 0 Å². The Hall–Kier alpha value is -2.64. The molecule has 1 amide bonds. The van der Waals surface area contributed by atoms with E-state index in [0.717, 1.165) is 16.0 Å². The molecule has 1 saturated heterocycles. The maximum atomic E-state index is 12.7. The lowest BCUT2D eigenvalue weighted by Crippen LogP contribution is -2.40. The van der Waals surface area contributed by atoms with Crippen molar-refractivity contribution in [3.63, 3.8) is 0 Å². The number of hydrogen-bond acceptors (Lipinski definition) is 8. The van der Waals surface area contributed by atoms with Crippen molar-refractivity contribution in [1.29, 1.82) is 0 Å². The van der Waals surface area contributed by atoms with Crippen molar-refractivity contribution in [2.24, 2.45) is 0 Å². The lowest BCUT2D eigenvalue weighted by molar-refractivity contribution is 0.0730. The van der Waals surface area contributed by atoms with Gasteiger partial charge in [-0.25, -0.2) is 13.4 Å². The normalized spacial score (nSPS) is 14.8. The highest BCUT2D eigenvalue weighted by molar-refractivity contribution is 7.89. The third-order valence-electron chi connectivity index (χ3n) is 4.77. The van der Waals surface area contributed by atoms with Crippen LogP contribution in [0.3, 0.4) is 0 Å². The fraction of sp³-hybridized carbons (Fsp3) is 0.250. The van der Waals surface area contributed by atoms with Gasteiger partial charge in [0.05, 0.1) is 35.4 Å². The summed E-state index contributed by atoms with van der Waals surface area (Å²) in [7, 11) is -2.02. The van der Waals surface area contributed by atoms with Crippen LogP contribution in [0.25, 0.3) is 10.2 Å². The third kappa shape index (κ3) is 4.89. The molecule has 1 aliphatic heterocycles. The Morgan fingerprint density at radius 3 is 2.59 bits per heavy atom. The summed E-state index contributed by atoms with van der Waals surface area (Å²) < 4.78 is 38.1. The number of fused-ring (bicyclic) bond motifs is 1. The number of ether oxygens (including phenoxy) is 2. The van der Waals surface area contributed by atoms with E-state index in [-0.39, 0.29) is 15.6 Å². The van der Waals surface area contributed by atoms with E-state index in [9.17, 15) is 13.2 Å². The molecule has 3 aromatic rings. The van der Waals surface area contributed by atoms with Crippen LogP contribution < -0.4 is 15.4 Å². The smallest absolute Gasteiger partial charge is 0.257 e. The van der Waals surface area contributed by atoms with Gasteiger partial charge in [-0.3, -0.25) is 10.1 Å². The molecule has 1 aromatic heterocycles. The Morgan fingerprint density at radius 1 is 1.19 bits per heavy atom. The summed E-state index contributed by atoms with van der Waals surface area (Å²) in [5, 5.41) is 6.10. The van der Waals surface area contributed by atoms with Crippen molar-refractivity contribution >= 4 is 59.9 Å². The Bertz CT molecular complexity index is 1250. The van der Waals surface area contributed by atoms with Crippen molar-refractivity contribution in [2.45, 2.75) is 4.90 Å². The fourth-order valence-electron chi connectivity index (χ4n) is 3.10. The molecule has 0 radical (unpaired) electrons. The second kappa shape index (κ2) is 9.46. The number of methoxy groups -OCH3 is 1. The van der Waals surface area contributed by atoms with Gasteiger partial charge >= 0.3 is 0 Å². The van der Waals surface area contributed by atoms with Crippen LogP contribution in [0.5, 0.6) is 5.75 Å². The molecule has 0 saturated carbocycles. The summed E-state index contributed by atoms with van der Waals surface area (Å²) in [5.41, 5.74) is 1.06. The van der Waals surface area contributed by atoms with Crippen LogP contribution in [-0.4, -0.2) is 62.1 Å². The number of benzene rings is 2. The average molecular weight is 493 g/mol. The molecule has 4 rings (SSSR count). The average Bonchev–Trinajstić information content (AvgIpc) is 3.20. The standard InChI is InChI=1S/C20H20N4O5S3/c1-28-14-4-7-16-17(12-14)31-20(21-16)23-19(30)22-18(25)13-2-5-15(6-3-13)32(26,27)24-8-10-29-11-9-24/h2-7,12H,8-11H2,1H3,(H2,21,22,23,25,30). The molecule has 2 aromatic carbocycles. The van der Waals surface area contributed by atoms with Crippen molar-refractivity contribution < 1.29 is 22.7 Å². The number of nitrogens with one attached hydrogen (secondary N) is 2. The number of hydrogen-bond donors (Lipinski definition) is 2. The number of morpholine rings is 1. The molecule has 12 heteroatoms. The summed E-state index contributed by atoms with van der Waals surface area (Å²) in [4.78, 5) is 17.1. The number of nitrogens with zero attached hydrogens (tertiary/aromatic N) is 2. The van der Waals surface area contributed by atoms with Gasteiger partial charge in [0.15, 0.2) is 10.2 Å². The zero-order valence-electron chi connectivity index (χ0n) is 17.0. The first-order valence-electron chi connectivity index (χ1n) is 9.62. The molecule has 2 N–H and O–H groups in total. The number of anilines is 1. The van der Waals surface area contributed by atoms with Crippen LogP contribution in [0.15, 0.2) is 47.4 Å². The third-order valence-corrected chi connectivity index (χ3v) is 7.82. The first kappa shape index (κ1) is 22.6. The monoisotopic (exact) mass is 492 g/mol. The molecule has 9 nitrogen and oxygen atoms in total. The topological polar surface area (TPSA) is 110 Å². The van der Waals surface area contributed by atoms with Crippen molar-refractivity contribution in [2.75, 3.05) is 38.7 Å². The van der Waals surface area contributed by atoms with E-state index in [1.54, 1.807) is 7.11 Å². The molecule has 0 atom stereocenters. The predicted molar refractivity (Wildman–Crippen MR) is 126 cm³/mol. The van der Waals surface area contributed by atoms with E-state index < -0.39 is 15.9 Å². The molecule has 0 bridgehead atoms. The van der Waals surface area contributed by atoms with Crippen LogP contribution in [0.4, 0.5) is 5.13 Å². The molecular weight excluding hydrogens is 472 g/mol. The molecule has 0 unspecified atom stereocenters. The van der Waals surface area contributed by atoms with Crippen LogP contribution in [-0.2, 0) is 14.8 Å². The highest BCUT2D eigenvalue weighted by Gasteiger charge is 2.26. The van der Waals surface area contributed by atoms with Gasteiger partial charge in [-0.1, -0.05) is 11.3 Å². The number of carbonyl (C=O) groups is 1. The van der Waals surface area contributed by atoms with Crippen LogP contribution in [0, 0.1) is 0 Å². The molecule has 0 spiro atoms. The van der Waals surface area contributed by atoms with Gasteiger partial charge in [0.1, 0.15) is 5.75 Å². The second-order valence-corrected chi connectivity index (χ2v) is 10.2. The predicted octanol–water partition coefficient (Wildman–Crippen LogP) is 2.45. The molecule has 168 valence electrons. The minimum Gasteiger partial charge on any atom is -0.497 e. The Balaban J connectivity index is 1.39. The Morgan fingerprint density at radius 2 is 1.91 bits per heavy atom. The maximum absolute atomic E-state index is 12.7. The number of carbonyl (C=O) groups excluding carboxylic acids is 1. The lowest BCUT2D eigenvalue weighted by Gasteiger charge is -2.26. The highest BCUT2D eigenvalue weighted by atomic mass is 32.2. The fourth-order valence-corrected chi connectivity index (χ4v) is 5.66. The van der Waals surface area contributed by atoms with E-state index in [4.69, 9.17) is 21.7 Å². The molecule has 0 aliphatic carbocycles. The van der Waals surface area contributed by atoms with Crippen LogP contribution >= 0.6 is 23.6 Å². The number of sulfonamides is 1. The van der Waals surface area contributed by atoms with Gasteiger partial charge in [0, 0.05) is 18.7 Å². The van der Waals surface area contributed by atoms with Crippen LogP contribution in [0.2, 0.25) is 0 Å². The minimum atomic E-state index is -3.62. The molecule has 1 fully saturated rings. The van der Waals surface area contributed by atoms with E-state index in [1.807, 2.05) is 18.2 Å². The summed E-state index contributed by atoms with van der Waals surface area (Å²) in [6.45, 7) is 1.35. The number of rotatable bonds is 5. The Kier molecular flexibility index (Phi) is 6.67. The van der Waals surface area contributed by atoms with E-state index in [1.165, 1.54) is 39.9 Å². The van der Waals surface area contributed by atoms with E-state index >= 15 is 0 Å². The highest BCUT2D eigenvalue weighted by Crippen LogP contribution is 2.29. The summed E-state index contributed by atoms with van der Waals surface area (Å²) >= 11 is 6.60. The van der Waals surface area contributed by atoms with Gasteiger partial charge in [-0.2, -0.15) is 4.31 Å². The molecule has 1 aliphatic rings. The lowest BCUT2D eigenvalue weighted by atomic mass is 10.2. The zero-order chi connectivity index (χ0) is 22.7. The van der Waals surface area contributed by atoms with Crippen LogP contribution in [0.1, 0.15) is 10.4 Å². The number of thiazole rings is 1. The van der Waals surface area contributed by atoms with Crippen molar-refractivity contribution in [1.82, 2.24) is 14.6 Å². The largest absolute Gasteiger partial charge is 0.497 e. The molecule has 2 heterocycles. The number of aromatic nitrogens is 1. The first-order valence-corrected chi connectivity index (χ1v) is 12.3. The zero-order valence-corrected chi connectivity index (χ0v) is 19.5. The van der Waals surface area contributed by atoms with Crippen molar-refractivity contribution in [3.8, 4) is 5.75 Å². The van der Waals surface area contributed by atoms with Gasteiger partial charge in [0.25, 0.3) is 5.91 Å². The summed E-state index contributed by atoms with van der Waals surface area (Å²) in [5.74, 6) is 0.267. The van der Waals surface area contributed by atoms with E-state index in [0.29, 0.717) is 31.4 Å². The number of thiocarbonyl (C=S) groups is 1. The quantitative estimate of drug-likeness (QED) is 0.523. The summed E-state index contributed by atoms with van der Waals surface area (Å²) in [6, 6.07) is 11.3. The number of amides is 1.